The van der Waals surface area contributed by atoms with E-state index in [0.29, 0.717) is 18.2 Å². The van der Waals surface area contributed by atoms with Crippen molar-refractivity contribution in [3.05, 3.63) is 35.0 Å². The van der Waals surface area contributed by atoms with Crippen LogP contribution in [0.4, 0.5) is 0 Å². The average molecular weight is 316 g/mol. The van der Waals surface area contributed by atoms with Gasteiger partial charge in [0.2, 0.25) is 0 Å². The first-order valence-electron chi connectivity index (χ1n) is 8.38. The second kappa shape index (κ2) is 6.56. The fourth-order valence-corrected chi connectivity index (χ4v) is 3.18. The highest BCUT2D eigenvalue weighted by molar-refractivity contribution is 5.92. The molecule has 0 radical (unpaired) electrons. The molecule has 1 saturated heterocycles. The number of likely N-dealkylation sites (tertiary alicyclic amines) is 1. The molecule has 0 unspecified atom stereocenters. The van der Waals surface area contributed by atoms with Crippen molar-refractivity contribution in [2.24, 2.45) is 0 Å². The van der Waals surface area contributed by atoms with Crippen LogP contribution in [0.25, 0.3) is 0 Å². The molecule has 0 aromatic carbocycles. The summed E-state index contributed by atoms with van der Waals surface area (Å²) in [7, 11) is 0. The molecule has 0 aliphatic carbocycles. The number of carbonyl (C=O) groups excluding carboxylic acids is 1. The topological polar surface area (TPSA) is 75.0 Å². The molecule has 0 saturated carbocycles. The van der Waals surface area contributed by atoms with Gasteiger partial charge in [0.25, 0.3) is 5.91 Å². The lowest BCUT2D eigenvalue weighted by atomic mass is 9.92. The second-order valence-electron chi connectivity index (χ2n) is 6.52. The molecule has 3 rings (SSSR count). The summed E-state index contributed by atoms with van der Waals surface area (Å²) in [5.74, 6) is 1.27. The van der Waals surface area contributed by atoms with Crippen molar-refractivity contribution in [3.8, 4) is 0 Å². The molecule has 1 amide bonds. The summed E-state index contributed by atoms with van der Waals surface area (Å²) in [6.07, 6.45) is 4.92. The van der Waals surface area contributed by atoms with Gasteiger partial charge in [-0.05, 0) is 24.8 Å². The molecule has 1 N–H and O–H groups in total. The summed E-state index contributed by atoms with van der Waals surface area (Å²) in [6, 6.07) is 1.77. The van der Waals surface area contributed by atoms with Crippen molar-refractivity contribution >= 4 is 5.91 Å². The van der Waals surface area contributed by atoms with Gasteiger partial charge in [-0.15, -0.1) is 0 Å². The SMILES string of the molecule is CCc1cn[nH]c1[C@@H]1CCCN(C(=O)c2cc(C(C)C)on2)C1. The van der Waals surface area contributed by atoms with Gasteiger partial charge in [-0.2, -0.15) is 5.10 Å². The summed E-state index contributed by atoms with van der Waals surface area (Å²) in [4.78, 5) is 14.6. The number of hydrogen-bond donors (Lipinski definition) is 1. The minimum absolute atomic E-state index is 0.0390. The molecule has 124 valence electrons. The zero-order chi connectivity index (χ0) is 16.4. The van der Waals surface area contributed by atoms with E-state index >= 15 is 0 Å². The van der Waals surface area contributed by atoms with E-state index in [1.807, 2.05) is 24.9 Å². The Morgan fingerprint density at radius 3 is 3.04 bits per heavy atom. The van der Waals surface area contributed by atoms with Crippen LogP contribution < -0.4 is 0 Å². The van der Waals surface area contributed by atoms with E-state index in [2.05, 4.69) is 22.3 Å². The van der Waals surface area contributed by atoms with E-state index in [1.165, 1.54) is 11.3 Å². The number of rotatable bonds is 4. The third-order valence-electron chi connectivity index (χ3n) is 4.57. The van der Waals surface area contributed by atoms with Crippen molar-refractivity contribution < 1.29 is 9.32 Å². The number of carbonyl (C=O) groups is 1. The Bertz CT molecular complexity index is 674. The van der Waals surface area contributed by atoms with E-state index in [9.17, 15) is 4.79 Å². The molecule has 1 fully saturated rings. The second-order valence-corrected chi connectivity index (χ2v) is 6.52. The molecule has 0 bridgehead atoms. The van der Waals surface area contributed by atoms with E-state index in [4.69, 9.17) is 4.52 Å². The van der Waals surface area contributed by atoms with E-state index in [-0.39, 0.29) is 11.8 Å². The molecule has 1 atom stereocenters. The minimum Gasteiger partial charge on any atom is -0.360 e. The Hall–Kier alpha value is -2.11. The van der Waals surface area contributed by atoms with E-state index < -0.39 is 0 Å². The standard InChI is InChI=1S/C17H24N4O2/c1-4-12-9-18-19-16(12)13-6-5-7-21(10-13)17(22)14-8-15(11(2)3)23-20-14/h8-9,11,13H,4-7,10H2,1-3H3,(H,18,19)/t13-/m1/s1. The maximum atomic E-state index is 12.7. The monoisotopic (exact) mass is 316 g/mol. The molecule has 6 heteroatoms. The van der Waals surface area contributed by atoms with Gasteiger partial charge in [0.1, 0.15) is 5.76 Å². The first kappa shape index (κ1) is 15.8. The zero-order valence-electron chi connectivity index (χ0n) is 14.0. The maximum absolute atomic E-state index is 12.7. The number of amides is 1. The van der Waals surface area contributed by atoms with Crippen molar-refractivity contribution in [1.82, 2.24) is 20.3 Å². The molecular weight excluding hydrogens is 292 g/mol. The third-order valence-corrected chi connectivity index (χ3v) is 4.57. The molecule has 6 nitrogen and oxygen atoms in total. The van der Waals surface area contributed by atoms with Crippen LogP contribution in [0, 0.1) is 0 Å². The fourth-order valence-electron chi connectivity index (χ4n) is 3.18. The number of H-pyrrole nitrogens is 1. The quantitative estimate of drug-likeness (QED) is 0.940. The molecule has 23 heavy (non-hydrogen) atoms. The highest BCUT2D eigenvalue weighted by atomic mass is 16.5. The highest BCUT2D eigenvalue weighted by Gasteiger charge is 2.29. The van der Waals surface area contributed by atoms with Crippen LogP contribution in [0.2, 0.25) is 0 Å². The molecule has 1 aliphatic heterocycles. The predicted molar refractivity (Wildman–Crippen MR) is 86.4 cm³/mol. The van der Waals surface area contributed by atoms with Gasteiger partial charge in [0, 0.05) is 36.7 Å². The number of aromatic nitrogens is 3. The fraction of sp³-hybridized carbons (Fsp3) is 0.588. The lowest BCUT2D eigenvalue weighted by Crippen LogP contribution is -2.39. The molecule has 1 aliphatic rings. The summed E-state index contributed by atoms with van der Waals surface area (Å²) in [5.41, 5.74) is 2.83. The van der Waals surface area contributed by atoms with Gasteiger partial charge in [0.05, 0.1) is 6.20 Å². The Morgan fingerprint density at radius 1 is 1.52 bits per heavy atom. The van der Waals surface area contributed by atoms with Crippen LogP contribution >= 0.6 is 0 Å². The maximum Gasteiger partial charge on any atom is 0.276 e. The average Bonchev–Trinajstić information content (AvgIpc) is 3.23. The normalized spacial score (nSPS) is 18.6. The predicted octanol–water partition coefficient (Wildman–Crippen LogP) is 3.10. The Balaban J connectivity index is 1.74. The number of aromatic amines is 1. The lowest BCUT2D eigenvalue weighted by molar-refractivity contribution is 0.0695. The van der Waals surface area contributed by atoms with Crippen LogP contribution in [0.5, 0.6) is 0 Å². The van der Waals surface area contributed by atoms with Gasteiger partial charge in [-0.1, -0.05) is 25.9 Å². The van der Waals surface area contributed by atoms with Crippen molar-refractivity contribution in [2.45, 2.75) is 51.9 Å². The summed E-state index contributed by atoms with van der Waals surface area (Å²) < 4.78 is 5.26. The van der Waals surface area contributed by atoms with Gasteiger partial charge in [-0.3, -0.25) is 9.89 Å². The molecule has 2 aromatic heterocycles. The van der Waals surface area contributed by atoms with Gasteiger partial charge < -0.3 is 9.42 Å². The number of aryl methyl sites for hydroxylation is 1. The zero-order valence-corrected chi connectivity index (χ0v) is 14.0. The summed E-state index contributed by atoms with van der Waals surface area (Å²) >= 11 is 0. The highest BCUT2D eigenvalue weighted by Crippen LogP contribution is 2.29. The largest absolute Gasteiger partial charge is 0.360 e. The molecule has 3 heterocycles. The van der Waals surface area contributed by atoms with Crippen LogP contribution in [0.15, 0.2) is 16.8 Å². The van der Waals surface area contributed by atoms with E-state index in [1.54, 1.807) is 6.07 Å². The summed E-state index contributed by atoms with van der Waals surface area (Å²) in [5, 5.41) is 11.2. The number of piperidine rings is 1. The third kappa shape index (κ3) is 3.16. The molecular formula is C17H24N4O2. The van der Waals surface area contributed by atoms with Crippen molar-refractivity contribution in [3.63, 3.8) is 0 Å². The summed E-state index contributed by atoms with van der Waals surface area (Å²) in [6.45, 7) is 7.65. The Labute approximate surface area is 136 Å². The van der Waals surface area contributed by atoms with Crippen LogP contribution in [0.1, 0.15) is 73.0 Å². The van der Waals surface area contributed by atoms with Gasteiger partial charge in [-0.25, -0.2) is 0 Å². The Kier molecular flexibility index (Phi) is 4.50. The van der Waals surface area contributed by atoms with Crippen LogP contribution in [0.3, 0.4) is 0 Å². The van der Waals surface area contributed by atoms with Crippen LogP contribution in [-0.2, 0) is 6.42 Å². The molecule has 2 aromatic rings. The number of nitrogens with zero attached hydrogens (tertiary/aromatic N) is 3. The van der Waals surface area contributed by atoms with Crippen molar-refractivity contribution in [1.29, 1.82) is 0 Å². The number of hydrogen-bond acceptors (Lipinski definition) is 4. The smallest absolute Gasteiger partial charge is 0.276 e. The first-order chi connectivity index (χ1) is 11.1. The molecule has 0 spiro atoms. The van der Waals surface area contributed by atoms with Crippen molar-refractivity contribution in [2.75, 3.05) is 13.1 Å². The number of nitrogens with one attached hydrogen (secondary N) is 1. The first-order valence-corrected chi connectivity index (χ1v) is 8.38. The van der Waals surface area contributed by atoms with E-state index in [0.717, 1.165) is 31.6 Å². The van der Waals surface area contributed by atoms with Gasteiger partial charge in [0.15, 0.2) is 5.69 Å². The Morgan fingerprint density at radius 2 is 2.35 bits per heavy atom. The van der Waals surface area contributed by atoms with Crippen LogP contribution in [-0.4, -0.2) is 39.3 Å². The van der Waals surface area contributed by atoms with Gasteiger partial charge >= 0.3 is 0 Å². The lowest BCUT2D eigenvalue weighted by Gasteiger charge is -2.32. The minimum atomic E-state index is -0.0390.